The normalized spacial score (nSPS) is 13.5. The number of benzene rings is 2. The molecule has 31 heavy (non-hydrogen) atoms. The van der Waals surface area contributed by atoms with E-state index in [1.165, 1.54) is 7.11 Å². The molecule has 0 radical (unpaired) electrons. The quantitative estimate of drug-likeness (QED) is 0.716. The van der Waals surface area contributed by atoms with E-state index in [9.17, 15) is 14.4 Å². The van der Waals surface area contributed by atoms with Gasteiger partial charge in [0.25, 0.3) is 5.91 Å². The number of methoxy groups -OCH3 is 1. The topological polar surface area (TPSA) is 88.2 Å². The van der Waals surface area contributed by atoms with Crippen molar-refractivity contribution >= 4 is 29.2 Å². The Labute approximate surface area is 181 Å². The molecule has 0 spiro atoms. The molecule has 1 fully saturated rings. The van der Waals surface area contributed by atoms with Crippen molar-refractivity contribution in [1.82, 2.24) is 4.90 Å². The lowest BCUT2D eigenvalue weighted by molar-refractivity contribution is -0.129. The molecular weight excluding hydrogens is 398 g/mol. The molecule has 8 nitrogen and oxygen atoms in total. The standard InChI is InChI=1S/C23H27N3O5/c1-4-31-23(29)17-9-10-20(26-13-11-25(12-14-26)16(2)27)19(15-17)24-22(28)18-7-5-6-8-21(18)30-3/h5-10,15H,4,11-14H2,1-3H3,(H,24,28). The first-order valence-electron chi connectivity index (χ1n) is 10.2. The number of nitrogens with one attached hydrogen (secondary N) is 1. The van der Waals surface area contributed by atoms with Gasteiger partial charge >= 0.3 is 5.97 Å². The number of rotatable bonds is 6. The van der Waals surface area contributed by atoms with Crippen LogP contribution >= 0.6 is 0 Å². The van der Waals surface area contributed by atoms with Crippen LogP contribution in [0.1, 0.15) is 34.6 Å². The molecule has 0 saturated carbocycles. The molecule has 1 aliphatic rings. The van der Waals surface area contributed by atoms with E-state index >= 15 is 0 Å². The smallest absolute Gasteiger partial charge is 0.338 e. The fourth-order valence-corrected chi connectivity index (χ4v) is 3.54. The summed E-state index contributed by atoms with van der Waals surface area (Å²) in [5.74, 6) is -0.300. The predicted molar refractivity (Wildman–Crippen MR) is 118 cm³/mol. The Hall–Kier alpha value is -3.55. The van der Waals surface area contributed by atoms with Crippen LogP contribution in [0, 0.1) is 0 Å². The fraction of sp³-hybridized carbons (Fsp3) is 0.348. The maximum Gasteiger partial charge on any atom is 0.338 e. The predicted octanol–water partition coefficient (Wildman–Crippen LogP) is 2.79. The van der Waals surface area contributed by atoms with Gasteiger partial charge in [0.1, 0.15) is 5.75 Å². The number of nitrogens with zero attached hydrogens (tertiary/aromatic N) is 2. The second kappa shape index (κ2) is 9.97. The Morgan fingerprint density at radius 2 is 1.74 bits per heavy atom. The Balaban J connectivity index is 1.91. The summed E-state index contributed by atoms with van der Waals surface area (Å²) in [5.41, 5.74) is 2.01. The lowest BCUT2D eigenvalue weighted by atomic mass is 10.1. The Kier molecular flexibility index (Phi) is 7.12. The van der Waals surface area contributed by atoms with Crippen LogP contribution < -0.4 is 15.0 Å². The van der Waals surface area contributed by atoms with Crippen molar-refractivity contribution in [3.63, 3.8) is 0 Å². The molecule has 2 amide bonds. The highest BCUT2D eigenvalue weighted by molar-refractivity contribution is 6.08. The summed E-state index contributed by atoms with van der Waals surface area (Å²) in [4.78, 5) is 40.8. The lowest BCUT2D eigenvalue weighted by Gasteiger charge is -2.36. The highest BCUT2D eigenvalue weighted by Crippen LogP contribution is 2.30. The molecule has 2 aromatic rings. The van der Waals surface area contributed by atoms with Gasteiger partial charge in [0, 0.05) is 33.1 Å². The molecule has 0 aliphatic carbocycles. The van der Waals surface area contributed by atoms with Crippen molar-refractivity contribution in [1.29, 1.82) is 0 Å². The van der Waals surface area contributed by atoms with Crippen LogP contribution in [0.4, 0.5) is 11.4 Å². The van der Waals surface area contributed by atoms with Crippen molar-refractivity contribution in [2.24, 2.45) is 0 Å². The Morgan fingerprint density at radius 3 is 2.39 bits per heavy atom. The molecule has 1 N–H and O–H groups in total. The summed E-state index contributed by atoms with van der Waals surface area (Å²) >= 11 is 0. The number of para-hydroxylation sites is 1. The SMILES string of the molecule is CCOC(=O)c1ccc(N2CCN(C(C)=O)CC2)c(NC(=O)c2ccccc2OC)c1. The molecule has 164 valence electrons. The van der Waals surface area contributed by atoms with E-state index in [1.807, 2.05) is 0 Å². The molecule has 0 unspecified atom stereocenters. The summed E-state index contributed by atoms with van der Waals surface area (Å²) < 4.78 is 10.4. The van der Waals surface area contributed by atoms with Gasteiger partial charge in [-0.2, -0.15) is 0 Å². The minimum absolute atomic E-state index is 0.0435. The van der Waals surface area contributed by atoms with Gasteiger partial charge < -0.3 is 24.6 Å². The van der Waals surface area contributed by atoms with Gasteiger partial charge in [0.05, 0.1) is 36.2 Å². The number of esters is 1. The van der Waals surface area contributed by atoms with Gasteiger partial charge in [-0.1, -0.05) is 12.1 Å². The van der Waals surface area contributed by atoms with Crippen LogP contribution in [0.25, 0.3) is 0 Å². The van der Waals surface area contributed by atoms with Crippen molar-refractivity contribution in [2.75, 3.05) is 50.1 Å². The van der Waals surface area contributed by atoms with Crippen LogP contribution in [-0.4, -0.2) is 62.6 Å². The first kappa shape index (κ1) is 22.1. The second-order valence-corrected chi connectivity index (χ2v) is 7.10. The van der Waals surface area contributed by atoms with Gasteiger partial charge in [-0.05, 0) is 37.3 Å². The van der Waals surface area contributed by atoms with E-state index < -0.39 is 5.97 Å². The average Bonchev–Trinajstić information content (AvgIpc) is 2.79. The summed E-state index contributed by atoms with van der Waals surface area (Å²) in [6.45, 7) is 5.99. The van der Waals surface area contributed by atoms with Crippen molar-refractivity contribution in [2.45, 2.75) is 13.8 Å². The van der Waals surface area contributed by atoms with E-state index in [4.69, 9.17) is 9.47 Å². The largest absolute Gasteiger partial charge is 0.496 e. The van der Waals surface area contributed by atoms with Crippen LogP contribution in [0.5, 0.6) is 5.75 Å². The first-order valence-corrected chi connectivity index (χ1v) is 10.2. The molecule has 3 rings (SSSR count). The molecule has 0 aromatic heterocycles. The molecular formula is C23H27N3O5. The summed E-state index contributed by atoms with van der Waals surface area (Å²) in [5, 5.41) is 2.92. The molecule has 1 aliphatic heterocycles. The van der Waals surface area contributed by atoms with Gasteiger partial charge in [-0.25, -0.2) is 4.79 Å². The number of hydrogen-bond acceptors (Lipinski definition) is 6. The first-order chi connectivity index (χ1) is 14.9. The summed E-state index contributed by atoms with van der Waals surface area (Å²) in [6.07, 6.45) is 0. The number of hydrogen-bond donors (Lipinski definition) is 1. The third-order valence-corrected chi connectivity index (χ3v) is 5.17. The molecule has 1 saturated heterocycles. The maximum absolute atomic E-state index is 13.0. The minimum atomic E-state index is -0.455. The third kappa shape index (κ3) is 5.14. The monoisotopic (exact) mass is 425 g/mol. The number of carbonyl (C=O) groups is 3. The second-order valence-electron chi connectivity index (χ2n) is 7.10. The van der Waals surface area contributed by atoms with E-state index in [1.54, 1.807) is 61.2 Å². The highest BCUT2D eigenvalue weighted by Gasteiger charge is 2.23. The van der Waals surface area contributed by atoms with Crippen LogP contribution in [0.2, 0.25) is 0 Å². The average molecular weight is 425 g/mol. The molecule has 1 heterocycles. The number of piperazine rings is 1. The number of ether oxygens (including phenoxy) is 2. The van der Waals surface area contributed by atoms with Gasteiger partial charge in [0.2, 0.25) is 5.91 Å². The van der Waals surface area contributed by atoms with E-state index in [0.717, 1.165) is 5.69 Å². The van der Waals surface area contributed by atoms with E-state index in [-0.39, 0.29) is 18.4 Å². The fourth-order valence-electron chi connectivity index (χ4n) is 3.54. The number of anilines is 2. The zero-order valence-electron chi connectivity index (χ0n) is 18.0. The molecule has 2 aromatic carbocycles. The van der Waals surface area contributed by atoms with Crippen molar-refractivity contribution < 1.29 is 23.9 Å². The van der Waals surface area contributed by atoms with Crippen LogP contribution in [-0.2, 0) is 9.53 Å². The highest BCUT2D eigenvalue weighted by atomic mass is 16.5. The Morgan fingerprint density at radius 1 is 1.03 bits per heavy atom. The minimum Gasteiger partial charge on any atom is -0.496 e. The van der Waals surface area contributed by atoms with Crippen molar-refractivity contribution in [3.05, 3.63) is 53.6 Å². The Bertz CT molecular complexity index is 967. The third-order valence-electron chi connectivity index (χ3n) is 5.17. The number of amides is 2. The van der Waals surface area contributed by atoms with Crippen molar-refractivity contribution in [3.8, 4) is 5.75 Å². The van der Waals surface area contributed by atoms with Gasteiger partial charge in [0.15, 0.2) is 0 Å². The zero-order chi connectivity index (χ0) is 22.4. The van der Waals surface area contributed by atoms with E-state index in [0.29, 0.717) is 48.7 Å². The van der Waals surface area contributed by atoms with Gasteiger partial charge in [-0.3, -0.25) is 9.59 Å². The molecule has 0 bridgehead atoms. The zero-order valence-corrected chi connectivity index (χ0v) is 18.0. The van der Waals surface area contributed by atoms with Crippen LogP contribution in [0.3, 0.4) is 0 Å². The number of carbonyl (C=O) groups excluding carboxylic acids is 3. The van der Waals surface area contributed by atoms with Gasteiger partial charge in [-0.15, -0.1) is 0 Å². The molecule has 8 heteroatoms. The lowest BCUT2D eigenvalue weighted by Crippen LogP contribution is -2.48. The van der Waals surface area contributed by atoms with Crippen LogP contribution in [0.15, 0.2) is 42.5 Å². The summed E-state index contributed by atoms with van der Waals surface area (Å²) in [7, 11) is 1.51. The van der Waals surface area contributed by atoms with E-state index in [2.05, 4.69) is 10.2 Å². The maximum atomic E-state index is 13.0. The summed E-state index contributed by atoms with van der Waals surface area (Å²) in [6, 6.07) is 12.0. The molecule has 0 atom stereocenters.